The Hall–Kier alpha value is -1.58. The molecule has 9 heteroatoms. The van der Waals surface area contributed by atoms with Crippen molar-refractivity contribution in [3.8, 4) is 11.5 Å². The molecule has 0 unspecified atom stereocenters. The van der Waals surface area contributed by atoms with Crippen molar-refractivity contribution in [2.24, 2.45) is 0 Å². The maximum Gasteiger partial charge on any atom is 0.250 e. The van der Waals surface area contributed by atoms with E-state index in [0.717, 1.165) is 33.0 Å². The lowest BCUT2D eigenvalue weighted by Crippen LogP contribution is -2.07. The van der Waals surface area contributed by atoms with Crippen LogP contribution in [0.5, 0.6) is 11.5 Å². The molecule has 1 heterocycles. The number of carbonyl (C=O) groups excluding carboxylic acids is 1. The molecule has 1 N–H and O–H groups in total. The highest BCUT2D eigenvalue weighted by molar-refractivity contribution is 9.10. The van der Waals surface area contributed by atoms with E-state index < -0.39 is 0 Å². The smallest absolute Gasteiger partial charge is 0.250 e. The summed E-state index contributed by atoms with van der Waals surface area (Å²) in [5, 5.41) is 11.3. The van der Waals surface area contributed by atoms with E-state index in [4.69, 9.17) is 9.47 Å². The SMILES string of the molecule is CCCCSc1nnc(NC(=O)/C=C/c2cc(Br)c(OCC)c(OC)c2)s1. The number of anilines is 1. The van der Waals surface area contributed by atoms with Gasteiger partial charge >= 0.3 is 0 Å². The second kappa shape index (κ2) is 11.3. The number of hydrogen-bond acceptors (Lipinski definition) is 7. The molecular formula is C18H22BrN3O3S2. The van der Waals surface area contributed by atoms with E-state index in [-0.39, 0.29) is 5.91 Å². The molecule has 1 aromatic heterocycles. The van der Waals surface area contributed by atoms with Crippen LogP contribution in [0.25, 0.3) is 6.08 Å². The lowest BCUT2D eigenvalue weighted by atomic mass is 10.2. The summed E-state index contributed by atoms with van der Waals surface area (Å²) < 4.78 is 12.6. The molecule has 0 atom stereocenters. The zero-order valence-electron chi connectivity index (χ0n) is 15.5. The molecule has 0 radical (unpaired) electrons. The Kier molecular flexibility index (Phi) is 9.09. The van der Waals surface area contributed by atoms with Crippen LogP contribution in [0.3, 0.4) is 0 Å². The number of benzene rings is 1. The van der Waals surface area contributed by atoms with Gasteiger partial charge in [0.2, 0.25) is 11.0 Å². The van der Waals surface area contributed by atoms with Crippen LogP contribution in [0.4, 0.5) is 5.13 Å². The van der Waals surface area contributed by atoms with E-state index >= 15 is 0 Å². The number of nitrogens with zero attached hydrogens (tertiary/aromatic N) is 2. The highest BCUT2D eigenvalue weighted by Gasteiger charge is 2.11. The highest BCUT2D eigenvalue weighted by atomic mass is 79.9. The van der Waals surface area contributed by atoms with Crippen LogP contribution in [0, 0.1) is 0 Å². The Morgan fingerprint density at radius 2 is 2.19 bits per heavy atom. The molecular weight excluding hydrogens is 450 g/mol. The van der Waals surface area contributed by atoms with E-state index in [2.05, 4.69) is 38.4 Å². The molecule has 0 aliphatic carbocycles. The third-order valence-corrected chi connectivity index (χ3v) is 5.97. The molecule has 6 nitrogen and oxygen atoms in total. The maximum atomic E-state index is 12.1. The van der Waals surface area contributed by atoms with Crippen molar-refractivity contribution < 1.29 is 14.3 Å². The van der Waals surface area contributed by atoms with Crippen molar-refractivity contribution in [1.82, 2.24) is 10.2 Å². The van der Waals surface area contributed by atoms with Gasteiger partial charge in [0, 0.05) is 11.8 Å². The molecule has 0 aliphatic heterocycles. The minimum absolute atomic E-state index is 0.264. The maximum absolute atomic E-state index is 12.1. The second-order valence-corrected chi connectivity index (χ2v) is 8.54. The highest BCUT2D eigenvalue weighted by Crippen LogP contribution is 2.37. The van der Waals surface area contributed by atoms with E-state index in [1.165, 1.54) is 17.4 Å². The number of nitrogens with one attached hydrogen (secondary N) is 1. The number of thioether (sulfide) groups is 1. The molecule has 0 spiro atoms. The van der Waals surface area contributed by atoms with Gasteiger partial charge in [0.15, 0.2) is 15.8 Å². The van der Waals surface area contributed by atoms with Gasteiger partial charge in [-0.05, 0) is 53.0 Å². The van der Waals surface area contributed by atoms with Gasteiger partial charge in [-0.1, -0.05) is 36.4 Å². The summed E-state index contributed by atoms with van der Waals surface area (Å²) >= 11 is 6.51. The number of rotatable bonds is 10. The number of hydrogen-bond donors (Lipinski definition) is 1. The largest absolute Gasteiger partial charge is 0.493 e. The number of carbonyl (C=O) groups is 1. The Morgan fingerprint density at radius 3 is 2.89 bits per heavy atom. The Morgan fingerprint density at radius 1 is 1.37 bits per heavy atom. The van der Waals surface area contributed by atoms with E-state index in [1.54, 1.807) is 24.9 Å². The molecule has 0 fully saturated rings. The van der Waals surface area contributed by atoms with Crippen LogP contribution in [0.15, 0.2) is 27.0 Å². The van der Waals surface area contributed by atoms with Gasteiger partial charge in [-0.3, -0.25) is 10.1 Å². The summed E-state index contributed by atoms with van der Waals surface area (Å²) in [6.07, 6.45) is 5.44. The molecule has 2 aromatic rings. The van der Waals surface area contributed by atoms with Crippen molar-refractivity contribution in [2.45, 2.75) is 31.0 Å². The molecule has 2 rings (SSSR count). The van der Waals surface area contributed by atoms with E-state index in [0.29, 0.717) is 23.2 Å². The van der Waals surface area contributed by atoms with Gasteiger partial charge < -0.3 is 9.47 Å². The molecule has 0 aliphatic rings. The molecule has 0 saturated heterocycles. The van der Waals surface area contributed by atoms with Gasteiger partial charge in [0.1, 0.15) is 0 Å². The average Bonchev–Trinajstić information content (AvgIpc) is 3.09. The zero-order valence-corrected chi connectivity index (χ0v) is 18.7. The van der Waals surface area contributed by atoms with E-state index in [9.17, 15) is 4.79 Å². The molecule has 0 bridgehead atoms. The lowest BCUT2D eigenvalue weighted by molar-refractivity contribution is -0.111. The lowest BCUT2D eigenvalue weighted by Gasteiger charge is -2.12. The number of aromatic nitrogens is 2. The van der Waals surface area contributed by atoms with Crippen molar-refractivity contribution in [3.63, 3.8) is 0 Å². The van der Waals surface area contributed by atoms with Crippen molar-refractivity contribution >= 4 is 56.1 Å². The van der Waals surface area contributed by atoms with Crippen LogP contribution < -0.4 is 14.8 Å². The number of amides is 1. The van der Waals surface area contributed by atoms with Gasteiger partial charge in [-0.25, -0.2) is 0 Å². The standard InChI is InChI=1S/C18H22BrN3O3S2/c1-4-6-9-26-18-22-21-17(27-18)20-15(23)8-7-12-10-13(19)16(25-5-2)14(11-12)24-3/h7-8,10-11H,4-6,9H2,1-3H3,(H,20,21,23)/b8-7+. The third-order valence-electron chi connectivity index (χ3n) is 3.33. The summed E-state index contributed by atoms with van der Waals surface area (Å²) in [4.78, 5) is 12.1. The van der Waals surface area contributed by atoms with Crippen LogP contribution in [0.2, 0.25) is 0 Å². The first-order valence-electron chi connectivity index (χ1n) is 8.53. The summed E-state index contributed by atoms with van der Waals surface area (Å²) in [5.41, 5.74) is 0.811. The topological polar surface area (TPSA) is 73.3 Å². The average molecular weight is 472 g/mol. The zero-order chi connectivity index (χ0) is 19.6. The quantitative estimate of drug-likeness (QED) is 0.220. The Labute approximate surface area is 175 Å². The van der Waals surface area contributed by atoms with Crippen LogP contribution >= 0.6 is 39.0 Å². The Bertz CT molecular complexity index is 796. The van der Waals surface area contributed by atoms with Gasteiger partial charge in [0.25, 0.3) is 0 Å². The number of ether oxygens (including phenoxy) is 2. The Balaban J connectivity index is 1.99. The molecule has 1 aromatic carbocycles. The van der Waals surface area contributed by atoms with Crippen molar-refractivity contribution in [1.29, 1.82) is 0 Å². The number of unbranched alkanes of at least 4 members (excludes halogenated alkanes) is 1. The first kappa shape index (κ1) is 21.7. The fourth-order valence-electron chi connectivity index (χ4n) is 2.06. The van der Waals surface area contributed by atoms with Crippen LogP contribution in [-0.2, 0) is 4.79 Å². The number of halogens is 1. The normalized spacial score (nSPS) is 11.0. The fourth-order valence-corrected chi connectivity index (χ4v) is 4.55. The summed E-state index contributed by atoms with van der Waals surface area (Å²) in [6, 6.07) is 3.68. The second-order valence-electron chi connectivity index (χ2n) is 5.36. The molecule has 1 amide bonds. The van der Waals surface area contributed by atoms with Gasteiger partial charge in [-0.2, -0.15) is 0 Å². The third kappa shape index (κ3) is 6.82. The van der Waals surface area contributed by atoms with Crippen molar-refractivity contribution in [3.05, 3.63) is 28.2 Å². The predicted octanol–water partition coefficient (Wildman–Crippen LogP) is 5.25. The summed E-state index contributed by atoms with van der Waals surface area (Å²) in [6.45, 7) is 4.59. The monoisotopic (exact) mass is 471 g/mol. The van der Waals surface area contributed by atoms with Gasteiger partial charge in [-0.15, -0.1) is 10.2 Å². The first-order valence-corrected chi connectivity index (χ1v) is 11.1. The predicted molar refractivity (Wildman–Crippen MR) is 115 cm³/mol. The van der Waals surface area contributed by atoms with Crippen LogP contribution in [0.1, 0.15) is 32.3 Å². The minimum atomic E-state index is -0.264. The van der Waals surface area contributed by atoms with Gasteiger partial charge in [0.05, 0.1) is 18.2 Å². The summed E-state index contributed by atoms with van der Waals surface area (Å²) in [5.74, 6) is 1.99. The van der Waals surface area contributed by atoms with Crippen LogP contribution in [-0.4, -0.2) is 35.6 Å². The molecule has 146 valence electrons. The fraction of sp³-hybridized carbons (Fsp3) is 0.389. The minimum Gasteiger partial charge on any atom is -0.493 e. The molecule has 0 saturated carbocycles. The van der Waals surface area contributed by atoms with E-state index in [1.807, 2.05) is 19.1 Å². The van der Waals surface area contributed by atoms with Crippen molar-refractivity contribution in [2.75, 3.05) is 24.8 Å². The molecule has 27 heavy (non-hydrogen) atoms. The summed E-state index contributed by atoms with van der Waals surface area (Å²) in [7, 11) is 1.58. The first-order chi connectivity index (χ1) is 13.1. The number of methoxy groups -OCH3 is 1.